The highest BCUT2D eigenvalue weighted by Crippen LogP contribution is 2.28. The highest BCUT2D eigenvalue weighted by atomic mass is 79.9. The molecule has 0 saturated carbocycles. The van der Waals surface area contributed by atoms with Crippen molar-refractivity contribution in [3.63, 3.8) is 0 Å². The van der Waals surface area contributed by atoms with Crippen LogP contribution in [0.2, 0.25) is 0 Å². The van der Waals surface area contributed by atoms with Gasteiger partial charge in [0, 0.05) is 4.47 Å². The van der Waals surface area contributed by atoms with Crippen molar-refractivity contribution in [3.8, 4) is 17.2 Å². The second-order valence-corrected chi connectivity index (χ2v) is 7.71. The molecule has 0 unspecified atom stereocenters. The first-order valence-electron chi connectivity index (χ1n) is 10.2. The average molecular weight is 511 g/mol. The quantitative estimate of drug-likeness (QED) is 0.184. The Labute approximate surface area is 200 Å². The van der Waals surface area contributed by atoms with E-state index in [2.05, 4.69) is 26.5 Å². The van der Waals surface area contributed by atoms with Crippen LogP contribution in [0.15, 0.2) is 76.3 Å². The van der Waals surface area contributed by atoms with Crippen molar-refractivity contribution in [2.45, 2.75) is 13.3 Å². The molecule has 8 heteroatoms. The van der Waals surface area contributed by atoms with Crippen LogP contribution in [0.5, 0.6) is 17.2 Å². The van der Waals surface area contributed by atoms with Gasteiger partial charge in [0.15, 0.2) is 11.5 Å². The van der Waals surface area contributed by atoms with Crippen LogP contribution in [0.3, 0.4) is 0 Å². The number of amides is 1. The van der Waals surface area contributed by atoms with Crippen LogP contribution in [-0.4, -0.2) is 31.8 Å². The molecule has 1 amide bonds. The fraction of sp³-hybridized carbons (Fsp3) is 0.160. The third kappa shape index (κ3) is 6.66. The van der Waals surface area contributed by atoms with Crippen LogP contribution in [0, 0.1) is 0 Å². The van der Waals surface area contributed by atoms with E-state index in [1.165, 1.54) is 13.3 Å². The number of ether oxygens (including phenoxy) is 3. The zero-order valence-electron chi connectivity index (χ0n) is 18.2. The van der Waals surface area contributed by atoms with E-state index in [0.717, 1.165) is 6.42 Å². The Kier molecular flexibility index (Phi) is 8.60. The lowest BCUT2D eigenvalue weighted by Gasteiger charge is -2.10. The molecular formula is C25H23BrN2O5. The summed E-state index contributed by atoms with van der Waals surface area (Å²) in [7, 11) is 1.47. The van der Waals surface area contributed by atoms with Crippen LogP contribution >= 0.6 is 15.9 Å². The normalized spacial score (nSPS) is 10.6. The van der Waals surface area contributed by atoms with E-state index < -0.39 is 5.97 Å². The topological polar surface area (TPSA) is 86.2 Å². The van der Waals surface area contributed by atoms with Crippen LogP contribution in [0.1, 0.15) is 39.6 Å². The second-order valence-electron chi connectivity index (χ2n) is 6.85. The summed E-state index contributed by atoms with van der Waals surface area (Å²) in [6.45, 7) is 2.64. The number of nitrogens with zero attached hydrogens (tertiary/aromatic N) is 1. The van der Waals surface area contributed by atoms with E-state index in [-0.39, 0.29) is 11.7 Å². The number of benzene rings is 3. The molecule has 0 aliphatic heterocycles. The van der Waals surface area contributed by atoms with E-state index in [1.807, 2.05) is 13.0 Å². The van der Waals surface area contributed by atoms with E-state index in [4.69, 9.17) is 14.2 Å². The predicted molar refractivity (Wildman–Crippen MR) is 129 cm³/mol. The summed E-state index contributed by atoms with van der Waals surface area (Å²) < 4.78 is 17.0. The first kappa shape index (κ1) is 24.0. The minimum Gasteiger partial charge on any atom is -0.494 e. The minimum atomic E-state index is -0.516. The number of nitrogens with one attached hydrogen (secondary N) is 1. The Balaban J connectivity index is 1.64. The monoisotopic (exact) mass is 510 g/mol. The number of rotatable bonds is 9. The molecule has 0 aliphatic carbocycles. The van der Waals surface area contributed by atoms with Gasteiger partial charge in [-0.25, -0.2) is 10.2 Å². The first-order chi connectivity index (χ1) is 16.0. The number of hydrogen-bond acceptors (Lipinski definition) is 6. The fourth-order valence-corrected chi connectivity index (χ4v) is 3.25. The van der Waals surface area contributed by atoms with Crippen LogP contribution in [0.4, 0.5) is 0 Å². The van der Waals surface area contributed by atoms with Gasteiger partial charge >= 0.3 is 5.97 Å². The van der Waals surface area contributed by atoms with Crippen molar-refractivity contribution in [1.82, 2.24) is 5.43 Å². The highest BCUT2D eigenvalue weighted by Gasteiger charge is 2.13. The van der Waals surface area contributed by atoms with Crippen LogP contribution in [0.25, 0.3) is 0 Å². The van der Waals surface area contributed by atoms with E-state index >= 15 is 0 Å². The van der Waals surface area contributed by atoms with Gasteiger partial charge in [-0.15, -0.1) is 0 Å². The summed E-state index contributed by atoms with van der Waals surface area (Å²) in [6, 6.07) is 18.8. The SMILES string of the molecule is CCCOc1ccc(C(=O)Oc2ccc(/C=N/NC(=O)c3ccccc3Br)cc2OC)cc1. The van der Waals surface area contributed by atoms with Gasteiger partial charge in [0.05, 0.1) is 31.1 Å². The van der Waals surface area contributed by atoms with Crippen LogP contribution in [-0.2, 0) is 0 Å². The summed E-state index contributed by atoms with van der Waals surface area (Å²) in [5.41, 5.74) is 3.99. The number of hydrazone groups is 1. The lowest BCUT2D eigenvalue weighted by Crippen LogP contribution is -2.18. The Morgan fingerprint density at radius 1 is 1.03 bits per heavy atom. The van der Waals surface area contributed by atoms with Crippen molar-refractivity contribution in [2.75, 3.05) is 13.7 Å². The number of carbonyl (C=O) groups excluding carboxylic acids is 2. The van der Waals surface area contributed by atoms with Gasteiger partial charge in [0.2, 0.25) is 0 Å². The van der Waals surface area contributed by atoms with Gasteiger partial charge < -0.3 is 14.2 Å². The standard InChI is InChI=1S/C25H23BrN2O5/c1-3-14-32-19-11-9-18(10-12-19)25(30)33-22-13-8-17(15-23(22)31-2)16-27-28-24(29)20-6-4-5-7-21(20)26/h4-13,15-16H,3,14H2,1-2H3,(H,28,29)/b27-16+. The number of methoxy groups -OCH3 is 1. The molecule has 0 aromatic heterocycles. The summed E-state index contributed by atoms with van der Waals surface area (Å²) in [5.74, 6) is 0.455. The number of carbonyl (C=O) groups is 2. The lowest BCUT2D eigenvalue weighted by molar-refractivity contribution is 0.0729. The van der Waals surface area contributed by atoms with E-state index in [1.54, 1.807) is 60.7 Å². The molecule has 3 rings (SSSR count). The zero-order valence-corrected chi connectivity index (χ0v) is 19.8. The van der Waals surface area contributed by atoms with Gasteiger partial charge in [-0.3, -0.25) is 4.79 Å². The molecule has 33 heavy (non-hydrogen) atoms. The Bertz CT molecular complexity index is 1150. The molecule has 0 aliphatic rings. The molecule has 0 atom stereocenters. The van der Waals surface area contributed by atoms with Crippen molar-refractivity contribution in [2.24, 2.45) is 5.10 Å². The summed E-state index contributed by atoms with van der Waals surface area (Å²) in [6.07, 6.45) is 2.37. The van der Waals surface area contributed by atoms with Crippen molar-refractivity contribution >= 4 is 34.0 Å². The maximum absolute atomic E-state index is 12.5. The average Bonchev–Trinajstić information content (AvgIpc) is 2.84. The largest absolute Gasteiger partial charge is 0.494 e. The molecule has 0 radical (unpaired) electrons. The summed E-state index contributed by atoms with van der Waals surface area (Å²) in [5, 5.41) is 3.98. The Morgan fingerprint density at radius 2 is 1.79 bits per heavy atom. The van der Waals surface area contributed by atoms with Crippen LogP contribution < -0.4 is 19.6 Å². The highest BCUT2D eigenvalue weighted by molar-refractivity contribution is 9.10. The summed E-state index contributed by atoms with van der Waals surface area (Å²) >= 11 is 3.33. The summed E-state index contributed by atoms with van der Waals surface area (Å²) in [4.78, 5) is 24.7. The van der Waals surface area contributed by atoms with Gasteiger partial charge in [0.25, 0.3) is 5.91 Å². The maximum atomic E-state index is 12.5. The Morgan fingerprint density at radius 3 is 2.48 bits per heavy atom. The molecule has 0 heterocycles. The first-order valence-corrected chi connectivity index (χ1v) is 11.0. The molecule has 7 nitrogen and oxygen atoms in total. The van der Waals surface area contributed by atoms with Crippen molar-refractivity contribution < 1.29 is 23.8 Å². The maximum Gasteiger partial charge on any atom is 0.343 e. The third-order valence-electron chi connectivity index (χ3n) is 4.45. The van der Waals surface area contributed by atoms with E-state index in [9.17, 15) is 9.59 Å². The molecule has 0 bridgehead atoms. The Hall–Kier alpha value is -3.65. The lowest BCUT2D eigenvalue weighted by atomic mass is 10.2. The van der Waals surface area contributed by atoms with Gasteiger partial charge in [-0.1, -0.05) is 19.1 Å². The number of halogens is 1. The van der Waals surface area contributed by atoms with Gasteiger partial charge in [-0.05, 0) is 82.5 Å². The molecule has 0 spiro atoms. The zero-order chi connectivity index (χ0) is 23.6. The number of hydrogen-bond donors (Lipinski definition) is 1. The molecule has 170 valence electrons. The van der Waals surface area contributed by atoms with E-state index in [0.29, 0.717) is 39.3 Å². The predicted octanol–water partition coefficient (Wildman–Crippen LogP) is 5.23. The molecule has 3 aromatic rings. The molecule has 3 aromatic carbocycles. The smallest absolute Gasteiger partial charge is 0.343 e. The fourth-order valence-electron chi connectivity index (χ4n) is 2.79. The molecule has 0 saturated heterocycles. The van der Waals surface area contributed by atoms with Crippen molar-refractivity contribution in [3.05, 3.63) is 87.9 Å². The van der Waals surface area contributed by atoms with Gasteiger partial charge in [-0.2, -0.15) is 5.10 Å². The third-order valence-corrected chi connectivity index (χ3v) is 5.14. The second kappa shape index (κ2) is 11.8. The number of esters is 1. The molecule has 0 fully saturated rings. The molecular weight excluding hydrogens is 488 g/mol. The molecule has 1 N–H and O–H groups in total. The van der Waals surface area contributed by atoms with Crippen molar-refractivity contribution in [1.29, 1.82) is 0 Å². The minimum absolute atomic E-state index is 0.267. The van der Waals surface area contributed by atoms with Gasteiger partial charge in [0.1, 0.15) is 5.75 Å².